The van der Waals surface area contributed by atoms with E-state index in [2.05, 4.69) is 5.32 Å². The standard InChI is InChI=1S/C16H13ClF3NO2/c1-10(23-14-8-4-12(17)5-9-14)15(22)21-13-6-2-11(3-7-13)16(18,19)20/h2-10H,1H3,(H,21,22)/t10-/m1/s1. The second-order valence-electron chi connectivity index (χ2n) is 4.78. The lowest BCUT2D eigenvalue weighted by molar-refractivity contribution is -0.137. The fraction of sp³-hybridized carbons (Fsp3) is 0.188. The monoisotopic (exact) mass is 343 g/mol. The van der Waals surface area contributed by atoms with Crippen LogP contribution in [0.3, 0.4) is 0 Å². The van der Waals surface area contributed by atoms with Crippen LogP contribution in [-0.4, -0.2) is 12.0 Å². The van der Waals surface area contributed by atoms with E-state index in [9.17, 15) is 18.0 Å². The molecule has 3 nitrogen and oxygen atoms in total. The zero-order valence-corrected chi connectivity index (χ0v) is 12.8. The first-order chi connectivity index (χ1) is 10.8. The molecular formula is C16H13ClF3NO2. The van der Waals surface area contributed by atoms with Gasteiger partial charge in [-0.1, -0.05) is 11.6 Å². The molecule has 23 heavy (non-hydrogen) atoms. The van der Waals surface area contributed by atoms with Crippen molar-refractivity contribution in [1.82, 2.24) is 0 Å². The van der Waals surface area contributed by atoms with E-state index in [4.69, 9.17) is 16.3 Å². The van der Waals surface area contributed by atoms with Crippen molar-refractivity contribution < 1.29 is 22.7 Å². The van der Waals surface area contributed by atoms with Crippen molar-refractivity contribution in [2.24, 2.45) is 0 Å². The maximum Gasteiger partial charge on any atom is 0.416 e. The summed E-state index contributed by atoms with van der Waals surface area (Å²) in [5.41, 5.74) is -0.518. The molecule has 0 spiro atoms. The molecule has 0 fully saturated rings. The summed E-state index contributed by atoms with van der Waals surface area (Å²) >= 11 is 5.75. The molecule has 7 heteroatoms. The predicted octanol–water partition coefficient (Wildman–Crippen LogP) is 4.76. The fourth-order valence-corrected chi connectivity index (χ4v) is 1.88. The van der Waals surface area contributed by atoms with E-state index < -0.39 is 23.8 Å². The Balaban J connectivity index is 1.96. The molecule has 0 bridgehead atoms. The third-order valence-electron chi connectivity index (χ3n) is 2.98. The molecule has 1 N–H and O–H groups in total. The predicted molar refractivity (Wildman–Crippen MR) is 81.6 cm³/mol. The molecule has 0 unspecified atom stereocenters. The van der Waals surface area contributed by atoms with Crippen molar-refractivity contribution in [2.45, 2.75) is 19.2 Å². The zero-order chi connectivity index (χ0) is 17.0. The number of rotatable bonds is 4. The Hall–Kier alpha value is -2.21. The molecule has 2 rings (SSSR count). The zero-order valence-electron chi connectivity index (χ0n) is 12.0. The van der Waals surface area contributed by atoms with Crippen LogP contribution in [0, 0.1) is 0 Å². The number of halogens is 4. The molecule has 0 aliphatic rings. The smallest absolute Gasteiger partial charge is 0.416 e. The van der Waals surface area contributed by atoms with Crippen LogP contribution in [0.15, 0.2) is 48.5 Å². The van der Waals surface area contributed by atoms with Crippen molar-refractivity contribution in [3.05, 3.63) is 59.1 Å². The first-order valence-corrected chi connectivity index (χ1v) is 7.04. The van der Waals surface area contributed by atoms with Crippen LogP contribution < -0.4 is 10.1 Å². The van der Waals surface area contributed by atoms with Gasteiger partial charge in [0.25, 0.3) is 5.91 Å². The van der Waals surface area contributed by atoms with Crippen molar-refractivity contribution >= 4 is 23.2 Å². The Morgan fingerprint density at radius 3 is 2.17 bits per heavy atom. The summed E-state index contributed by atoms with van der Waals surface area (Å²) in [7, 11) is 0. The van der Waals surface area contributed by atoms with E-state index in [0.29, 0.717) is 10.8 Å². The van der Waals surface area contributed by atoms with Gasteiger partial charge in [-0.3, -0.25) is 4.79 Å². The summed E-state index contributed by atoms with van der Waals surface area (Å²) in [6, 6.07) is 10.7. The molecule has 0 aliphatic heterocycles. The minimum absolute atomic E-state index is 0.259. The molecule has 0 aromatic heterocycles. The third-order valence-corrected chi connectivity index (χ3v) is 3.23. The number of ether oxygens (including phenoxy) is 1. The molecule has 0 radical (unpaired) electrons. The average molecular weight is 344 g/mol. The first kappa shape index (κ1) is 17.1. The van der Waals surface area contributed by atoms with Crippen LogP contribution in [0.1, 0.15) is 12.5 Å². The van der Waals surface area contributed by atoms with E-state index in [1.165, 1.54) is 19.1 Å². The van der Waals surface area contributed by atoms with Crippen LogP contribution in [-0.2, 0) is 11.0 Å². The first-order valence-electron chi connectivity index (χ1n) is 6.66. The molecule has 1 amide bonds. The maximum atomic E-state index is 12.5. The van der Waals surface area contributed by atoms with Crippen LogP contribution in [0.25, 0.3) is 0 Å². The number of benzene rings is 2. The van der Waals surface area contributed by atoms with E-state index in [1.54, 1.807) is 24.3 Å². The molecule has 2 aromatic carbocycles. The van der Waals surface area contributed by atoms with Crippen LogP contribution in [0.5, 0.6) is 5.75 Å². The SMILES string of the molecule is C[C@@H](Oc1ccc(Cl)cc1)C(=O)Nc1ccc(C(F)(F)F)cc1. The Morgan fingerprint density at radius 2 is 1.65 bits per heavy atom. The van der Waals surface area contributed by atoms with Gasteiger partial charge in [-0.15, -0.1) is 0 Å². The van der Waals surface area contributed by atoms with Crippen molar-refractivity contribution in [3.63, 3.8) is 0 Å². The summed E-state index contributed by atoms with van der Waals surface area (Å²) in [6.45, 7) is 1.54. The average Bonchev–Trinajstić information content (AvgIpc) is 2.49. The van der Waals surface area contributed by atoms with E-state index in [-0.39, 0.29) is 5.69 Å². The number of anilines is 1. The van der Waals surface area contributed by atoms with Gasteiger partial charge in [-0.2, -0.15) is 13.2 Å². The van der Waals surface area contributed by atoms with E-state index in [0.717, 1.165) is 12.1 Å². The number of amides is 1. The summed E-state index contributed by atoms with van der Waals surface area (Å²) in [5.74, 6) is -0.0100. The normalized spacial score (nSPS) is 12.6. The lowest BCUT2D eigenvalue weighted by Gasteiger charge is -2.15. The minimum Gasteiger partial charge on any atom is -0.481 e. The Kier molecular flexibility index (Phi) is 5.15. The topological polar surface area (TPSA) is 38.3 Å². The highest BCUT2D eigenvalue weighted by Gasteiger charge is 2.30. The van der Waals surface area contributed by atoms with Gasteiger partial charge in [0.1, 0.15) is 5.75 Å². The number of nitrogens with one attached hydrogen (secondary N) is 1. The van der Waals surface area contributed by atoms with E-state index in [1.807, 2.05) is 0 Å². The molecule has 2 aromatic rings. The van der Waals surface area contributed by atoms with E-state index >= 15 is 0 Å². The lowest BCUT2D eigenvalue weighted by Crippen LogP contribution is -2.30. The fourth-order valence-electron chi connectivity index (χ4n) is 1.76. The van der Waals surface area contributed by atoms with Crippen LogP contribution in [0.2, 0.25) is 5.02 Å². The molecule has 0 aliphatic carbocycles. The van der Waals surface area contributed by atoms with Gasteiger partial charge in [0, 0.05) is 10.7 Å². The van der Waals surface area contributed by atoms with Crippen LogP contribution >= 0.6 is 11.6 Å². The second-order valence-corrected chi connectivity index (χ2v) is 5.21. The lowest BCUT2D eigenvalue weighted by atomic mass is 10.2. The molecular weight excluding hydrogens is 331 g/mol. The van der Waals surface area contributed by atoms with Gasteiger partial charge in [0.2, 0.25) is 0 Å². The number of hydrogen-bond donors (Lipinski definition) is 1. The van der Waals surface area contributed by atoms with Crippen LogP contribution in [0.4, 0.5) is 18.9 Å². The molecule has 0 saturated heterocycles. The Morgan fingerprint density at radius 1 is 1.09 bits per heavy atom. The van der Waals surface area contributed by atoms with Gasteiger partial charge in [-0.05, 0) is 55.5 Å². The number of alkyl halides is 3. The highest BCUT2D eigenvalue weighted by atomic mass is 35.5. The summed E-state index contributed by atoms with van der Waals surface area (Å²) in [5, 5.41) is 3.04. The largest absolute Gasteiger partial charge is 0.481 e. The highest BCUT2D eigenvalue weighted by molar-refractivity contribution is 6.30. The Bertz CT molecular complexity index is 669. The van der Waals surface area contributed by atoms with Gasteiger partial charge in [0.15, 0.2) is 6.10 Å². The summed E-state index contributed by atoms with van der Waals surface area (Å²) < 4.78 is 42.8. The molecule has 122 valence electrons. The summed E-state index contributed by atoms with van der Waals surface area (Å²) in [6.07, 6.45) is -5.23. The van der Waals surface area contributed by atoms with Gasteiger partial charge < -0.3 is 10.1 Å². The Labute approximate surface area is 136 Å². The van der Waals surface area contributed by atoms with Gasteiger partial charge in [0.05, 0.1) is 5.56 Å². The summed E-state index contributed by atoms with van der Waals surface area (Å²) in [4.78, 5) is 12.0. The van der Waals surface area contributed by atoms with Gasteiger partial charge >= 0.3 is 6.18 Å². The number of carbonyl (C=O) groups excluding carboxylic acids is 1. The van der Waals surface area contributed by atoms with Crippen molar-refractivity contribution in [3.8, 4) is 5.75 Å². The minimum atomic E-state index is -4.41. The second kappa shape index (κ2) is 6.91. The molecule has 0 heterocycles. The van der Waals surface area contributed by atoms with Crippen molar-refractivity contribution in [1.29, 1.82) is 0 Å². The number of carbonyl (C=O) groups is 1. The number of hydrogen-bond acceptors (Lipinski definition) is 2. The maximum absolute atomic E-state index is 12.5. The third kappa shape index (κ3) is 4.89. The van der Waals surface area contributed by atoms with Gasteiger partial charge in [-0.25, -0.2) is 0 Å². The molecule has 0 saturated carbocycles. The highest BCUT2D eigenvalue weighted by Crippen LogP contribution is 2.29. The molecule has 1 atom stereocenters. The van der Waals surface area contributed by atoms with Crippen molar-refractivity contribution in [2.75, 3.05) is 5.32 Å². The quantitative estimate of drug-likeness (QED) is 0.868.